The lowest BCUT2D eigenvalue weighted by Crippen LogP contribution is -2.46. The van der Waals surface area contributed by atoms with Crippen LogP contribution in [0.25, 0.3) is 0 Å². The second kappa shape index (κ2) is 16.2. The van der Waals surface area contributed by atoms with Crippen molar-refractivity contribution in [3.8, 4) is 5.75 Å². The lowest BCUT2D eigenvalue weighted by atomic mass is 9.92. The van der Waals surface area contributed by atoms with Gasteiger partial charge >= 0.3 is 0 Å². The largest absolute Gasteiger partial charge is 0.491 e. The first kappa shape index (κ1) is 34.3. The summed E-state index contributed by atoms with van der Waals surface area (Å²) in [5.74, 6) is 0.613. The van der Waals surface area contributed by atoms with Crippen molar-refractivity contribution in [3.05, 3.63) is 78.1 Å². The molecule has 0 bridgehead atoms. The van der Waals surface area contributed by atoms with Crippen molar-refractivity contribution in [1.29, 1.82) is 0 Å². The van der Waals surface area contributed by atoms with E-state index in [1.165, 1.54) is 11.4 Å². The van der Waals surface area contributed by atoms with Crippen molar-refractivity contribution in [3.63, 3.8) is 0 Å². The van der Waals surface area contributed by atoms with E-state index < -0.39 is 5.79 Å². The number of anilines is 2. The molecule has 0 radical (unpaired) electrons. The number of ether oxygens (including phenoxy) is 3. The van der Waals surface area contributed by atoms with Crippen LogP contribution in [0.1, 0.15) is 26.7 Å². The number of hydrogen-bond donors (Lipinski definition) is 2. The third kappa shape index (κ3) is 8.72. The van der Waals surface area contributed by atoms with Crippen molar-refractivity contribution in [1.82, 2.24) is 25.6 Å². The normalized spacial score (nSPS) is 23.5. The number of piperazine rings is 1. The van der Waals surface area contributed by atoms with E-state index in [-0.39, 0.29) is 12.0 Å². The zero-order valence-corrected chi connectivity index (χ0v) is 29.4. The summed E-state index contributed by atoms with van der Waals surface area (Å²) in [4.78, 5) is 9.32. The zero-order valence-electron chi connectivity index (χ0n) is 27.8. The molecule has 6 rings (SSSR count). The number of allylic oxidation sites excluding steroid dienone is 3. The number of rotatable bonds is 14. The second-order valence-corrected chi connectivity index (χ2v) is 13.7. The molecule has 1 aromatic heterocycles. The van der Waals surface area contributed by atoms with Crippen LogP contribution in [-0.2, 0) is 16.5 Å². The van der Waals surface area contributed by atoms with Crippen molar-refractivity contribution < 1.29 is 14.2 Å². The fraction of sp³-hybridized carbons (Fsp3) is 0.457. The number of hydrogen-bond acceptors (Lipinski definition) is 10. The van der Waals surface area contributed by atoms with Gasteiger partial charge in [-0.1, -0.05) is 42.4 Å². The standard InChI is InChI=1S/C35H45ClN8O3S/c1-4-26(2)40-38-24-37-29-9-11-30(12-10-29)43-17-19-44(20-18-43)31-13-15-32(16-14-31)45-21-33-22-46-35(47-33,27-5-7-28(36)8-6-27)23-48-34-41-39-25-42(34)3/h5,7-16,24-27,33,40H,4,6,17-23H2,1-3H3,(H,37,38). The molecule has 48 heavy (non-hydrogen) atoms. The van der Waals surface area contributed by atoms with E-state index >= 15 is 0 Å². The van der Waals surface area contributed by atoms with Crippen LogP contribution in [0.3, 0.4) is 0 Å². The maximum Gasteiger partial charge on any atom is 0.190 e. The number of halogens is 1. The van der Waals surface area contributed by atoms with Gasteiger partial charge in [0.15, 0.2) is 10.9 Å². The van der Waals surface area contributed by atoms with Crippen LogP contribution < -0.4 is 25.4 Å². The molecule has 0 spiro atoms. The van der Waals surface area contributed by atoms with Gasteiger partial charge in [-0.3, -0.25) is 0 Å². The van der Waals surface area contributed by atoms with Gasteiger partial charge in [-0.2, -0.15) is 0 Å². The van der Waals surface area contributed by atoms with Gasteiger partial charge in [0.2, 0.25) is 0 Å². The zero-order chi connectivity index (χ0) is 33.3. The molecule has 3 aliphatic rings. The summed E-state index contributed by atoms with van der Waals surface area (Å²) >= 11 is 7.79. The molecule has 3 aromatic rings. The number of aromatic nitrogens is 3. The van der Waals surface area contributed by atoms with Gasteiger partial charge in [0.1, 0.15) is 31.1 Å². The molecular weight excluding hydrogens is 648 g/mol. The Kier molecular flexibility index (Phi) is 11.6. The number of aliphatic imine (C=N–C) groups is 1. The minimum absolute atomic E-state index is 0.0310. The Morgan fingerprint density at radius 3 is 2.44 bits per heavy atom. The smallest absolute Gasteiger partial charge is 0.190 e. The Hall–Kier alpha value is -3.55. The van der Waals surface area contributed by atoms with E-state index in [1.54, 1.807) is 24.4 Å². The lowest BCUT2D eigenvalue weighted by molar-refractivity contribution is -0.178. The molecule has 2 aromatic carbocycles. The van der Waals surface area contributed by atoms with Gasteiger partial charge < -0.3 is 34.0 Å². The fourth-order valence-corrected chi connectivity index (χ4v) is 7.05. The van der Waals surface area contributed by atoms with Gasteiger partial charge in [-0.25, -0.2) is 10.4 Å². The van der Waals surface area contributed by atoms with E-state index in [1.807, 2.05) is 35.9 Å². The van der Waals surface area contributed by atoms with Crippen molar-refractivity contribution in [2.24, 2.45) is 18.0 Å². The highest BCUT2D eigenvalue weighted by Crippen LogP contribution is 2.40. The Balaban J connectivity index is 0.967. The highest BCUT2D eigenvalue weighted by Gasteiger charge is 2.47. The van der Waals surface area contributed by atoms with Gasteiger partial charge in [-0.15, -0.1) is 10.2 Å². The fourth-order valence-electron chi connectivity index (χ4n) is 5.84. The maximum absolute atomic E-state index is 6.62. The Bertz CT molecular complexity index is 1560. The first-order valence-electron chi connectivity index (χ1n) is 16.6. The van der Waals surface area contributed by atoms with Gasteiger partial charge in [0, 0.05) is 61.6 Å². The van der Waals surface area contributed by atoms with Crippen molar-refractivity contribution in [2.45, 2.75) is 49.8 Å². The van der Waals surface area contributed by atoms with Crippen LogP contribution in [0, 0.1) is 5.92 Å². The van der Waals surface area contributed by atoms with E-state index in [0.717, 1.165) is 60.6 Å². The number of thioether (sulfide) groups is 1. The van der Waals surface area contributed by atoms with Gasteiger partial charge in [0.25, 0.3) is 0 Å². The number of benzene rings is 2. The summed E-state index contributed by atoms with van der Waals surface area (Å²) in [5, 5.41) is 9.76. The molecular formula is C35H45ClN8O3S. The number of aryl methyl sites for hydroxylation is 1. The summed E-state index contributed by atoms with van der Waals surface area (Å²) in [5.41, 5.74) is 9.57. The predicted octanol–water partition coefficient (Wildman–Crippen LogP) is 5.68. The predicted molar refractivity (Wildman–Crippen MR) is 193 cm³/mol. The van der Waals surface area contributed by atoms with Crippen LogP contribution >= 0.6 is 23.4 Å². The molecule has 4 atom stereocenters. The maximum atomic E-state index is 6.62. The number of hydrazine groups is 1. The molecule has 4 unspecified atom stereocenters. The van der Waals surface area contributed by atoms with Crippen LogP contribution in [0.5, 0.6) is 5.75 Å². The van der Waals surface area contributed by atoms with E-state index in [0.29, 0.717) is 25.0 Å². The number of nitrogens with one attached hydrogen (secondary N) is 2. The highest BCUT2D eigenvalue weighted by molar-refractivity contribution is 7.99. The van der Waals surface area contributed by atoms with Crippen LogP contribution in [0.2, 0.25) is 0 Å². The molecule has 2 aliphatic heterocycles. The average molecular weight is 693 g/mol. The monoisotopic (exact) mass is 692 g/mol. The Morgan fingerprint density at radius 2 is 1.81 bits per heavy atom. The summed E-state index contributed by atoms with van der Waals surface area (Å²) in [7, 11) is 1.93. The first-order valence-corrected chi connectivity index (χ1v) is 18.0. The van der Waals surface area contributed by atoms with Crippen LogP contribution in [-0.4, -0.2) is 84.2 Å². The molecule has 0 saturated carbocycles. The third-order valence-electron chi connectivity index (χ3n) is 8.92. The summed E-state index contributed by atoms with van der Waals surface area (Å²) in [6.45, 7) is 8.92. The minimum Gasteiger partial charge on any atom is -0.491 e. The highest BCUT2D eigenvalue weighted by atomic mass is 35.5. The molecule has 3 heterocycles. The quantitative estimate of drug-likeness (QED) is 0.0951. The van der Waals surface area contributed by atoms with Crippen LogP contribution in [0.15, 0.2) is 88.3 Å². The summed E-state index contributed by atoms with van der Waals surface area (Å²) in [6.07, 6.45) is 11.0. The van der Waals surface area contributed by atoms with E-state index in [2.05, 4.69) is 92.2 Å². The molecule has 2 saturated heterocycles. The van der Waals surface area contributed by atoms with Gasteiger partial charge in [-0.05, 0) is 74.4 Å². The molecule has 256 valence electrons. The number of nitrogens with zero attached hydrogens (tertiary/aromatic N) is 6. The Morgan fingerprint density at radius 1 is 1.10 bits per heavy atom. The SMILES string of the molecule is CCC(C)NNC=Nc1ccc(N2CCN(c3ccc(OCC4COC(CSc5nncn5C)(C5C=CC(Cl)=CC5)O4)cc3)CC2)cc1. The molecule has 13 heteroatoms. The van der Waals surface area contributed by atoms with Gasteiger partial charge in [0.05, 0.1) is 18.0 Å². The molecule has 11 nitrogen and oxygen atoms in total. The Labute approximate surface area is 292 Å². The molecule has 2 N–H and O–H groups in total. The van der Waals surface area contributed by atoms with E-state index in [9.17, 15) is 0 Å². The second-order valence-electron chi connectivity index (χ2n) is 12.3. The molecule has 2 fully saturated rings. The lowest BCUT2D eigenvalue weighted by Gasteiger charge is -2.37. The minimum atomic E-state index is -0.806. The first-order chi connectivity index (χ1) is 23.4. The van der Waals surface area contributed by atoms with Crippen LogP contribution in [0.4, 0.5) is 17.1 Å². The van der Waals surface area contributed by atoms with Crippen molar-refractivity contribution in [2.75, 3.05) is 54.9 Å². The van der Waals surface area contributed by atoms with E-state index in [4.69, 9.17) is 25.8 Å². The third-order valence-corrected chi connectivity index (χ3v) is 10.4. The summed E-state index contributed by atoms with van der Waals surface area (Å²) in [6, 6.07) is 17.2. The molecule has 1 aliphatic carbocycles. The average Bonchev–Trinajstić information content (AvgIpc) is 3.75. The molecule has 0 amide bonds. The summed E-state index contributed by atoms with van der Waals surface area (Å²) < 4.78 is 21.1. The topological polar surface area (TPSA) is 101 Å². The van der Waals surface area contributed by atoms with Crippen molar-refractivity contribution >= 4 is 46.8 Å².